The minimum Gasteiger partial charge on any atom is -0.342 e. The van der Waals surface area contributed by atoms with Crippen LogP contribution in [0.15, 0.2) is 42.2 Å². The number of thiazole rings is 1. The number of fused-ring (bicyclic) bond motifs is 1. The summed E-state index contributed by atoms with van der Waals surface area (Å²) in [5.41, 5.74) is 10.1. The standard InChI is InChI=1S/C13H13N3S/c14-6-11-3-1-2-10-4-5-16(13(10)11)8-12-7-15-9-17-12/h1-5,7,9H,6,8,14H2. The third kappa shape index (κ3) is 1.85. The average molecular weight is 243 g/mol. The van der Waals surface area contributed by atoms with Crippen LogP contribution in [0.4, 0.5) is 0 Å². The Balaban J connectivity index is 2.10. The quantitative estimate of drug-likeness (QED) is 0.768. The van der Waals surface area contributed by atoms with Crippen molar-refractivity contribution in [3.05, 3.63) is 52.6 Å². The zero-order valence-electron chi connectivity index (χ0n) is 9.34. The Bertz CT molecular complexity index is 625. The minimum absolute atomic E-state index is 0.573. The predicted octanol–water partition coefficient (Wildman–Crippen LogP) is 2.60. The number of rotatable bonds is 3. The number of nitrogens with two attached hydrogens (primary N) is 1. The van der Waals surface area contributed by atoms with Gasteiger partial charge >= 0.3 is 0 Å². The number of aromatic nitrogens is 2. The lowest BCUT2D eigenvalue weighted by molar-refractivity contribution is 0.841. The maximum atomic E-state index is 5.79. The first-order chi connectivity index (χ1) is 8.38. The second-order valence-electron chi connectivity index (χ2n) is 3.97. The summed E-state index contributed by atoms with van der Waals surface area (Å²) >= 11 is 1.68. The van der Waals surface area contributed by atoms with E-state index >= 15 is 0 Å². The zero-order valence-corrected chi connectivity index (χ0v) is 10.2. The number of hydrogen-bond acceptors (Lipinski definition) is 3. The van der Waals surface area contributed by atoms with Crippen LogP contribution in [-0.4, -0.2) is 9.55 Å². The van der Waals surface area contributed by atoms with E-state index in [1.165, 1.54) is 21.3 Å². The van der Waals surface area contributed by atoms with E-state index in [0.29, 0.717) is 6.54 Å². The topological polar surface area (TPSA) is 43.8 Å². The Morgan fingerprint density at radius 2 is 2.24 bits per heavy atom. The zero-order chi connectivity index (χ0) is 11.7. The average Bonchev–Trinajstić information content (AvgIpc) is 2.99. The van der Waals surface area contributed by atoms with Gasteiger partial charge in [-0.2, -0.15) is 0 Å². The summed E-state index contributed by atoms with van der Waals surface area (Å²) in [7, 11) is 0. The van der Waals surface area contributed by atoms with Gasteiger partial charge in [0.15, 0.2) is 0 Å². The van der Waals surface area contributed by atoms with Crippen molar-refractivity contribution in [3.63, 3.8) is 0 Å². The highest BCUT2D eigenvalue weighted by Gasteiger charge is 2.06. The summed E-state index contributed by atoms with van der Waals surface area (Å²) in [5.74, 6) is 0. The predicted molar refractivity (Wildman–Crippen MR) is 71.0 cm³/mol. The second kappa shape index (κ2) is 4.31. The number of hydrogen-bond donors (Lipinski definition) is 1. The van der Waals surface area contributed by atoms with E-state index in [2.05, 4.69) is 40.0 Å². The van der Waals surface area contributed by atoms with E-state index in [0.717, 1.165) is 6.54 Å². The van der Waals surface area contributed by atoms with Crippen molar-refractivity contribution >= 4 is 22.2 Å². The molecule has 0 aliphatic heterocycles. The fourth-order valence-corrected chi connectivity index (χ4v) is 2.72. The van der Waals surface area contributed by atoms with Crippen LogP contribution in [-0.2, 0) is 13.1 Å². The van der Waals surface area contributed by atoms with Crippen molar-refractivity contribution in [2.45, 2.75) is 13.1 Å². The van der Waals surface area contributed by atoms with Crippen LogP contribution < -0.4 is 5.73 Å². The van der Waals surface area contributed by atoms with Gasteiger partial charge in [0.1, 0.15) is 0 Å². The van der Waals surface area contributed by atoms with Gasteiger partial charge in [0, 0.05) is 23.8 Å². The van der Waals surface area contributed by atoms with Gasteiger partial charge in [0.2, 0.25) is 0 Å². The third-order valence-corrected chi connectivity index (χ3v) is 3.67. The molecule has 2 aromatic heterocycles. The van der Waals surface area contributed by atoms with E-state index in [1.54, 1.807) is 11.3 Å². The molecule has 0 saturated carbocycles. The van der Waals surface area contributed by atoms with Crippen LogP contribution in [0.3, 0.4) is 0 Å². The van der Waals surface area contributed by atoms with Crippen LogP contribution in [0.25, 0.3) is 10.9 Å². The van der Waals surface area contributed by atoms with Crippen molar-refractivity contribution < 1.29 is 0 Å². The molecule has 0 aliphatic rings. The van der Waals surface area contributed by atoms with Gasteiger partial charge in [-0.05, 0) is 17.0 Å². The smallest absolute Gasteiger partial charge is 0.0794 e. The maximum Gasteiger partial charge on any atom is 0.0794 e. The monoisotopic (exact) mass is 243 g/mol. The Morgan fingerprint density at radius 1 is 1.29 bits per heavy atom. The highest BCUT2D eigenvalue weighted by Crippen LogP contribution is 2.21. The van der Waals surface area contributed by atoms with Crippen molar-refractivity contribution in [2.75, 3.05) is 0 Å². The summed E-state index contributed by atoms with van der Waals surface area (Å²) in [5, 5.41) is 1.25. The molecule has 0 radical (unpaired) electrons. The van der Waals surface area contributed by atoms with Gasteiger partial charge < -0.3 is 10.3 Å². The molecule has 86 valence electrons. The Labute approximate surface area is 104 Å². The van der Waals surface area contributed by atoms with E-state index in [-0.39, 0.29) is 0 Å². The van der Waals surface area contributed by atoms with Gasteiger partial charge in [-0.3, -0.25) is 4.98 Å². The van der Waals surface area contributed by atoms with Gasteiger partial charge in [-0.15, -0.1) is 11.3 Å². The highest BCUT2D eigenvalue weighted by molar-refractivity contribution is 7.09. The molecule has 3 nitrogen and oxygen atoms in total. The van der Waals surface area contributed by atoms with E-state index < -0.39 is 0 Å². The van der Waals surface area contributed by atoms with Gasteiger partial charge in [-0.1, -0.05) is 18.2 Å². The SMILES string of the molecule is NCc1cccc2ccn(Cc3cncs3)c12. The molecule has 3 aromatic rings. The first-order valence-corrected chi connectivity index (χ1v) is 6.40. The molecule has 0 fully saturated rings. The number of benzene rings is 1. The van der Waals surface area contributed by atoms with Crippen LogP contribution >= 0.6 is 11.3 Å². The molecule has 0 saturated heterocycles. The molecule has 4 heteroatoms. The maximum absolute atomic E-state index is 5.79. The van der Waals surface area contributed by atoms with Crippen LogP contribution in [0.5, 0.6) is 0 Å². The van der Waals surface area contributed by atoms with Crippen LogP contribution in [0.1, 0.15) is 10.4 Å². The molecule has 2 N–H and O–H groups in total. The molecule has 0 atom stereocenters. The summed E-state index contributed by atoms with van der Waals surface area (Å²) in [6, 6.07) is 8.40. The van der Waals surface area contributed by atoms with Crippen molar-refractivity contribution in [3.8, 4) is 0 Å². The molecule has 0 spiro atoms. The first kappa shape index (κ1) is 10.5. The fraction of sp³-hybridized carbons (Fsp3) is 0.154. The molecule has 2 heterocycles. The highest BCUT2D eigenvalue weighted by atomic mass is 32.1. The normalized spacial score (nSPS) is 11.1. The molecule has 3 rings (SSSR count). The van der Waals surface area contributed by atoms with Gasteiger partial charge in [0.05, 0.1) is 17.6 Å². The summed E-state index contributed by atoms with van der Waals surface area (Å²) in [4.78, 5) is 5.36. The molecular weight excluding hydrogens is 230 g/mol. The Kier molecular flexibility index (Phi) is 2.66. The Morgan fingerprint density at radius 3 is 3.00 bits per heavy atom. The van der Waals surface area contributed by atoms with Crippen LogP contribution in [0, 0.1) is 0 Å². The molecule has 0 aliphatic carbocycles. The number of nitrogens with zero attached hydrogens (tertiary/aromatic N) is 2. The van der Waals surface area contributed by atoms with Crippen molar-refractivity contribution in [2.24, 2.45) is 5.73 Å². The summed E-state index contributed by atoms with van der Waals surface area (Å²) in [6.45, 7) is 1.44. The molecule has 0 bridgehead atoms. The summed E-state index contributed by atoms with van der Waals surface area (Å²) in [6.07, 6.45) is 4.03. The van der Waals surface area contributed by atoms with Crippen molar-refractivity contribution in [1.29, 1.82) is 0 Å². The fourth-order valence-electron chi connectivity index (χ4n) is 2.13. The first-order valence-electron chi connectivity index (χ1n) is 5.52. The van der Waals surface area contributed by atoms with Crippen molar-refractivity contribution in [1.82, 2.24) is 9.55 Å². The second-order valence-corrected chi connectivity index (χ2v) is 4.94. The van der Waals surface area contributed by atoms with Gasteiger partial charge in [0.25, 0.3) is 0 Å². The lowest BCUT2D eigenvalue weighted by Crippen LogP contribution is -2.02. The minimum atomic E-state index is 0.573. The molecule has 0 amide bonds. The van der Waals surface area contributed by atoms with Gasteiger partial charge in [-0.25, -0.2) is 0 Å². The third-order valence-electron chi connectivity index (χ3n) is 2.90. The number of para-hydroxylation sites is 1. The molecule has 17 heavy (non-hydrogen) atoms. The van der Waals surface area contributed by atoms with E-state index in [1.807, 2.05) is 11.7 Å². The molecule has 0 unspecified atom stereocenters. The van der Waals surface area contributed by atoms with E-state index in [9.17, 15) is 0 Å². The lowest BCUT2D eigenvalue weighted by atomic mass is 10.1. The van der Waals surface area contributed by atoms with Crippen LogP contribution in [0.2, 0.25) is 0 Å². The molecular formula is C13H13N3S. The lowest BCUT2D eigenvalue weighted by Gasteiger charge is -2.07. The summed E-state index contributed by atoms with van der Waals surface area (Å²) < 4.78 is 2.24. The Hall–Kier alpha value is -1.65. The molecule has 1 aromatic carbocycles. The van der Waals surface area contributed by atoms with E-state index in [4.69, 9.17) is 5.73 Å². The largest absolute Gasteiger partial charge is 0.342 e.